The summed E-state index contributed by atoms with van der Waals surface area (Å²) in [6, 6.07) is 13.0. The molecule has 1 saturated heterocycles. The Labute approximate surface area is 198 Å². The lowest BCUT2D eigenvalue weighted by atomic mass is 9.69. The van der Waals surface area contributed by atoms with Gasteiger partial charge in [0.2, 0.25) is 5.95 Å². The molecule has 2 aromatic rings. The summed E-state index contributed by atoms with van der Waals surface area (Å²) < 4.78 is 0. The first kappa shape index (κ1) is 23.0. The Morgan fingerprint density at radius 1 is 1.06 bits per heavy atom. The van der Waals surface area contributed by atoms with Crippen molar-refractivity contribution in [2.24, 2.45) is 11.8 Å². The van der Waals surface area contributed by atoms with E-state index in [2.05, 4.69) is 70.8 Å². The number of nitrogens with one attached hydrogen (secondary N) is 2. The topological polar surface area (TPSA) is 53.1 Å². The van der Waals surface area contributed by atoms with Crippen LogP contribution >= 0.6 is 12.2 Å². The van der Waals surface area contributed by atoms with Gasteiger partial charge < -0.3 is 15.5 Å². The average molecular weight is 452 g/mol. The molecular formula is C26H37N5S. The molecule has 2 heterocycles. The van der Waals surface area contributed by atoms with Gasteiger partial charge in [0, 0.05) is 36.8 Å². The normalized spacial score (nSPS) is 22.9. The van der Waals surface area contributed by atoms with E-state index in [0.29, 0.717) is 22.9 Å². The molecule has 1 aromatic carbocycles. The molecule has 2 N–H and O–H groups in total. The minimum atomic E-state index is 0.143. The van der Waals surface area contributed by atoms with Crippen LogP contribution in [-0.2, 0) is 5.41 Å². The second kappa shape index (κ2) is 10.2. The number of piperidine rings is 1. The van der Waals surface area contributed by atoms with Gasteiger partial charge in [-0.1, -0.05) is 63.4 Å². The minimum absolute atomic E-state index is 0.143. The van der Waals surface area contributed by atoms with E-state index in [1.165, 1.54) is 44.1 Å². The number of hydrogen-bond donors (Lipinski definition) is 2. The highest BCUT2D eigenvalue weighted by Crippen LogP contribution is 2.39. The molecule has 2 aliphatic rings. The number of aromatic nitrogens is 2. The van der Waals surface area contributed by atoms with E-state index in [9.17, 15) is 0 Å². The van der Waals surface area contributed by atoms with Crippen LogP contribution in [0.25, 0.3) is 0 Å². The molecule has 1 saturated carbocycles. The van der Waals surface area contributed by atoms with E-state index in [1.54, 1.807) is 0 Å². The van der Waals surface area contributed by atoms with Crippen molar-refractivity contribution in [2.75, 3.05) is 29.9 Å². The van der Waals surface area contributed by atoms with Crippen molar-refractivity contribution in [3.63, 3.8) is 0 Å². The van der Waals surface area contributed by atoms with E-state index in [1.807, 2.05) is 6.92 Å². The molecule has 5 nitrogen and oxygen atoms in total. The zero-order valence-corrected chi connectivity index (χ0v) is 20.5. The minimum Gasteiger partial charge on any atom is -0.361 e. The molecule has 0 radical (unpaired) electrons. The van der Waals surface area contributed by atoms with Gasteiger partial charge in [0.25, 0.3) is 0 Å². The Bertz CT molecular complexity index is 900. The number of benzene rings is 1. The molecule has 0 bridgehead atoms. The van der Waals surface area contributed by atoms with Crippen LogP contribution in [0.15, 0.2) is 36.4 Å². The molecule has 6 heteroatoms. The van der Waals surface area contributed by atoms with E-state index in [-0.39, 0.29) is 5.41 Å². The quantitative estimate of drug-likeness (QED) is 0.589. The molecule has 32 heavy (non-hydrogen) atoms. The molecule has 0 amide bonds. The van der Waals surface area contributed by atoms with Crippen LogP contribution < -0.4 is 15.5 Å². The molecule has 1 aromatic heterocycles. The molecule has 2 atom stereocenters. The van der Waals surface area contributed by atoms with Crippen LogP contribution in [0.4, 0.5) is 11.8 Å². The molecule has 2 fully saturated rings. The van der Waals surface area contributed by atoms with Gasteiger partial charge in [-0.2, -0.15) is 4.98 Å². The number of thiocarbonyl (C=S) groups is 1. The van der Waals surface area contributed by atoms with Crippen molar-refractivity contribution in [2.45, 2.75) is 64.7 Å². The molecule has 0 unspecified atom stereocenters. The van der Waals surface area contributed by atoms with Gasteiger partial charge >= 0.3 is 0 Å². The molecule has 172 valence electrons. The van der Waals surface area contributed by atoms with Crippen molar-refractivity contribution >= 4 is 29.1 Å². The summed E-state index contributed by atoms with van der Waals surface area (Å²) in [5, 5.41) is 7.36. The SMILES string of the molecule is Cc1cc(N2C[C@@H](C)C[C@H](C)C2)nc(NC(=S)NCC2(c3ccccc3)CCCCC2)n1. The van der Waals surface area contributed by atoms with Gasteiger partial charge in [-0.05, 0) is 55.8 Å². The molecule has 1 aliphatic carbocycles. The second-order valence-corrected chi connectivity index (χ2v) is 10.5. The van der Waals surface area contributed by atoms with Crippen LogP contribution in [-0.4, -0.2) is 34.7 Å². The summed E-state index contributed by atoms with van der Waals surface area (Å²) in [5.74, 6) is 2.94. The largest absolute Gasteiger partial charge is 0.361 e. The number of aryl methyl sites for hydroxylation is 1. The summed E-state index contributed by atoms with van der Waals surface area (Å²) in [5.41, 5.74) is 2.51. The van der Waals surface area contributed by atoms with Gasteiger partial charge in [0.15, 0.2) is 5.11 Å². The van der Waals surface area contributed by atoms with Crippen LogP contribution in [0.5, 0.6) is 0 Å². The molecule has 4 rings (SSSR count). The highest BCUT2D eigenvalue weighted by atomic mass is 32.1. The lowest BCUT2D eigenvalue weighted by Gasteiger charge is -2.38. The summed E-state index contributed by atoms with van der Waals surface area (Å²) in [6.45, 7) is 9.59. The van der Waals surface area contributed by atoms with Crippen molar-refractivity contribution in [3.05, 3.63) is 47.7 Å². The number of nitrogens with zero attached hydrogens (tertiary/aromatic N) is 3. The summed E-state index contributed by atoms with van der Waals surface area (Å²) >= 11 is 5.67. The third-order valence-electron chi connectivity index (χ3n) is 7.04. The Kier molecular flexibility index (Phi) is 7.29. The van der Waals surface area contributed by atoms with Gasteiger partial charge in [-0.25, -0.2) is 4.98 Å². The average Bonchev–Trinajstić information content (AvgIpc) is 2.78. The molecule has 0 spiro atoms. The van der Waals surface area contributed by atoms with E-state index >= 15 is 0 Å². The Hall–Kier alpha value is -2.21. The van der Waals surface area contributed by atoms with E-state index in [4.69, 9.17) is 17.2 Å². The number of rotatable bonds is 5. The summed E-state index contributed by atoms with van der Waals surface area (Å²) in [7, 11) is 0. The van der Waals surface area contributed by atoms with Crippen LogP contribution in [0.3, 0.4) is 0 Å². The third-order valence-corrected chi connectivity index (χ3v) is 7.29. The van der Waals surface area contributed by atoms with Gasteiger partial charge in [0.1, 0.15) is 5.82 Å². The van der Waals surface area contributed by atoms with Crippen LogP contribution in [0.1, 0.15) is 63.6 Å². The van der Waals surface area contributed by atoms with Crippen LogP contribution in [0.2, 0.25) is 0 Å². The van der Waals surface area contributed by atoms with Crippen molar-refractivity contribution in [1.82, 2.24) is 15.3 Å². The third kappa shape index (κ3) is 5.58. The first-order valence-electron chi connectivity index (χ1n) is 12.1. The van der Waals surface area contributed by atoms with E-state index in [0.717, 1.165) is 31.1 Å². The summed E-state index contributed by atoms with van der Waals surface area (Å²) in [6.07, 6.45) is 7.54. The van der Waals surface area contributed by atoms with Crippen molar-refractivity contribution in [1.29, 1.82) is 0 Å². The van der Waals surface area contributed by atoms with Crippen LogP contribution in [0, 0.1) is 18.8 Å². The first-order chi connectivity index (χ1) is 15.4. The maximum Gasteiger partial charge on any atom is 0.231 e. The molecular weight excluding hydrogens is 414 g/mol. The molecule has 1 aliphatic heterocycles. The fraction of sp³-hybridized carbons (Fsp3) is 0.577. The highest BCUT2D eigenvalue weighted by molar-refractivity contribution is 7.80. The predicted octanol–water partition coefficient (Wildman–Crippen LogP) is 5.46. The maximum absolute atomic E-state index is 5.67. The number of hydrogen-bond acceptors (Lipinski definition) is 4. The maximum atomic E-state index is 5.67. The van der Waals surface area contributed by atoms with Gasteiger partial charge in [-0.15, -0.1) is 0 Å². The summed E-state index contributed by atoms with van der Waals surface area (Å²) in [4.78, 5) is 11.8. The smallest absolute Gasteiger partial charge is 0.231 e. The number of anilines is 2. The monoisotopic (exact) mass is 451 g/mol. The highest BCUT2D eigenvalue weighted by Gasteiger charge is 2.33. The standard InChI is InChI=1S/C26H37N5S/c1-19-14-20(2)17-31(16-19)23-15-21(3)28-24(29-23)30-25(32)27-18-26(12-8-5-9-13-26)22-10-6-4-7-11-22/h4,6-7,10-11,15,19-20H,5,8-9,12-14,16-18H2,1-3H3,(H2,27,28,29,30,32)/t19-,20-/m0/s1. The fourth-order valence-electron chi connectivity index (χ4n) is 5.60. The van der Waals surface area contributed by atoms with Gasteiger partial charge in [0.05, 0.1) is 0 Å². The van der Waals surface area contributed by atoms with E-state index < -0.39 is 0 Å². The second-order valence-electron chi connectivity index (χ2n) is 10.1. The zero-order chi connectivity index (χ0) is 22.6. The first-order valence-corrected chi connectivity index (χ1v) is 12.6. The van der Waals surface area contributed by atoms with Crippen molar-refractivity contribution < 1.29 is 0 Å². The lowest BCUT2D eigenvalue weighted by Crippen LogP contribution is -2.43. The predicted molar refractivity (Wildman–Crippen MR) is 137 cm³/mol. The van der Waals surface area contributed by atoms with Crippen molar-refractivity contribution in [3.8, 4) is 0 Å². The van der Waals surface area contributed by atoms with Gasteiger partial charge in [-0.3, -0.25) is 0 Å². The Morgan fingerprint density at radius 2 is 1.75 bits per heavy atom. The Balaban J connectivity index is 1.43. The Morgan fingerprint density at radius 3 is 2.44 bits per heavy atom. The fourth-order valence-corrected chi connectivity index (χ4v) is 5.77. The lowest BCUT2D eigenvalue weighted by molar-refractivity contribution is 0.292. The zero-order valence-electron chi connectivity index (χ0n) is 19.7.